The van der Waals surface area contributed by atoms with E-state index < -0.39 is 0 Å². The summed E-state index contributed by atoms with van der Waals surface area (Å²) >= 11 is 0. The number of carbonyl (C=O) groups is 1. The smallest absolute Gasteiger partial charge is 0.302 e. The van der Waals surface area contributed by atoms with E-state index >= 15 is 0 Å². The first-order valence-corrected chi connectivity index (χ1v) is 5.16. The first-order chi connectivity index (χ1) is 6.27. The zero-order chi connectivity index (χ0) is 9.26. The van der Waals surface area contributed by atoms with E-state index in [1.165, 1.54) is 39.2 Å². The molecule has 2 atom stereocenters. The second-order valence-corrected chi connectivity index (χ2v) is 4.07. The third-order valence-corrected chi connectivity index (χ3v) is 3.20. The van der Waals surface area contributed by atoms with Crippen molar-refractivity contribution in [3.8, 4) is 0 Å². The largest absolute Gasteiger partial charge is 0.464 e. The van der Waals surface area contributed by atoms with Crippen molar-refractivity contribution in [2.24, 2.45) is 0 Å². The Hall–Kier alpha value is -0.570. The Kier molecular flexibility index (Phi) is 2.54. The van der Waals surface area contributed by atoms with E-state index in [4.69, 9.17) is 4.74 Å². The van der Waals surface area contributed by atoms with Crippen LogP contribution in [0.1, 0.15) is 32.6 Å². The topological polar surface area (TPSA) is 29.5 Å². The highest BCUT2D eigenvalue weighted by atomic mass is 16.5. The second kappa shape index (κ2) is 3.66. The van der Waals surface area contributed by atoms with Gasteiger partial charge in [-0.1, -0.05) is 0 Å². The Morgan fingerprint density at radius 3 is 3.08 bits per heavy atom. The van der Waals surface area contributed by atoms with Crippen molar-refractivity contribution in [3.05, 3.63) is 0 Å². The van der Waals surface area contributed by atoms with Gasteiger partial charge >= 0.3 is 5.97 Å². The molecule has 3 nitrogen and oxygen atoms in total. The van der Waals surface area contributed by atoms with Crippen LogP contribution in [-0.2, 0) is 9.53 Å². The molecular formula is C10H17NO2. The number of rotatable bonds is 2. The number of hydrogen-bond donors (Lipinski definition) is 0. The van der Waals surface area contributed by atoms with Crippen LogP contribution in [0.15, 0.2) is 0 Å². The Morgan fingerprint density at radius 2 is 2.31 bits per heavy atom. The average Bonchev–Trinajstić information content (AvgIpc) is 2.60. The molecule has 0 amide bonds. The standard InChI is InChI=1S/C10H17NO2/c1-8(12)13-7-10-5-4-9-3-2-6-11(9)10/h9-10H,2-7H2,1H3/t9-,10+/m1/s1. The van der Waals surface area contributed by atoms with Gasteiger partial charge in [-0.15, -0.1) is 0 Å². The van der Waals surface area contributed by atoms with Crippen LogP contribution in [0.25, 0.3) is 0 Å². The van der Waals surface area contributed by atoms with Crippen LogP contribution < -0.4 is 0 Å². The lowest BCUT2D eigenvalue weighted by Crippen LogP contribution is -2.34. The molecule has 0 bridgehead atoms. The van der Waals surface area contributed by atoms with Crippen molar-refractivity contribution in [1.29, 1.82) is 0 Å². The van der Waals surface area contributed by atoms with E-state index in [0.717, 1.165) is 6.04 Å². The van der Waals surface area contributed by atoms with Crippen molar-refractivity contribution in [2.45, 2.75) is 44.7 Å². The first kappa shape index (κ1) is 9.00. The van der Waals surface area contributed by atoms with Gasteiger partial charge in [0.25, 0.3) is 0 Å². The quantitative estimate of drug-likeness (QED) is 0.602. The van der Waals surface area contributed by atoms with Crippen LogP contribution in [-0.4, -0.2) is 36.1 Å². The minimum absolute atomic E-state index is 0.150. The summed E-state index contributed by atoms with van der Waals surface area (Å²) in [6.07, 6.45) is 5.17. The van der Waals surface area contributed by atoms with Gasteiger partial charge in [0.2, 0.25) is 0 Å². The van der Waals surface area contributed by atoms with E-state index in [0.29, 0.717) is 12.6 Å². The van der Waals surface area contributed by atoms with Gasteiger partial charge in [-0.25, -0.2) is 0 Å². The molecule has 0 unspecified atom stereocenters. The molecule has 2 heterocycles. The van der Waals surface area contributed by atoms with Crippen molar-refractivity contribution >= 4 is 5.97 Å². The van der Waals surface area contributed by atoms with Gasteiger partial charge in [0.1, 0.15) is 6.61 Å². The summed E-state index contributed by atoms with van der Waals surface area (Å²) in [5.74, 6) is -0.150. The maximum Gasteiger partial charge on any atom is 0.302 e. The van der Waals surface area contributed by atoms with Gasteiger partial charge in [0, 0.05) is 19.0 Å². The fraction of sp³-hybridized carbons (Fsp3) is 0.900. The third-order valence-electron chi connectivity index (χ3n) is 3.20. The molecule has 3 heteroatoms. The summed E-state index contributed by atoms with van der Waals surface area (Å²) in [6, 6.07) is 1.30. The number of hydrogen-bond acceptors (Lipinski definition) is 3. The molecule has 0 saturated carbocycles. The zero-order valence-corrected chi connectivity index (χ0v) is 8.16. The number of nitrogens with zero attached hydrogens (tertiary/aromatic N) is 1. The molecular weight excluding hydrogens is 166 g/mol. The molecule has 74 valence electrons. The molecule has 0 radical (unpaired) electrons. The lowest BCUT2D eigenvalue weighted by atomic mass is 10.1. The number of carbonyl (C=O) groups excluding carboxylic acids is 1. The lowest BCUT2D eigenvalue weighted by molar-refractivity contribution is -0.142. The molecule has 0 aliphatic carbocycles. The van der Waals surface area contributed by atoms with E-state index in [1.807, 2.05) is 0 Å². The van der Waals surface area contributed by atoms with Crippen LogP contribution in [0.5, 0.6) is 0 Å². The van der Waals surface area contributed by atoms with Gasteiger partial charge in [0.15, 0.2) is 0 Å². The maximum absolute atomic E-state index is 10.7. The highest BCUT2D eigenvalue weighted by Crippen LogP contribution is 2.32. The predicted octanol–water partition coefficient (Wildman–Crippen LogP) is 1.18. The molecule has 0 N–H and O–H groups in total. The summed E-state index contributed by atoms with van der Waals surface area (Å²) in [7, 11) is 0. The van der Waals surface area contributed by atoms with Gasteiger partial charge in [-0.3, -0.25) is 9.69 Å². The summed E-state index contributed by atoms with van der Waals surface area (Å²) in [5.41, 5.74) is 0. The molecule has 2 fully saturated rings. The minimum Gasteiger partial charge on any atom is -0.464 e. The van der Waals surface area contributed by atoms with E-state index in [9.17, 15) is 4.79 Å². The summed E-state index contributed by atoms with van der Waals surface area (Å²) < 4.78 is 5.05. The zero-order valence-electron chi connectivity index (χ0n) is 8.16. The van der Waals surface area contributed by atoms with Gasteiger partial charge < -0.3 is 4.74 Å². The fourth-order valence-electron chi connectivity index (χ4n) is 2.59. The Morgan fingerprint density at radius 1 is 1.46 bits per heavy atom. The number of esters is 1. The first-order valence-electron chi connectivity index (χ1n) is 5.16. The van der Waals surface area contributed by atoms with Gasteiger partial charge in [-0.05, 0) is 32.2 Å². The number of fused-ring (bicyclic) bond motifs is 1. The molecule has 0 aromatic rings. The molecule has 13 heavy (non-hydrogen) atoms. The Labute approximate surface area is 79.0 Å². The van der Waals surface area contributed by atoms with Crippen molar-refractivity contribution < 1.29 is 9.53 Å². The fourth-order valence-corrected chi connectivity index (χ4v) is 2.59. The van der Waals surface area contributed by atoms with E-state index in [1.54, 1.807) is 0 Å². The maximum atomic E-state index is 10.7. The second-order valence-electron chi connectivity index (χ2n) is 4.07. The Balaban J connectivity index is 1.83. The van der Waals surface area contributed by atoms with Crippen LogP contribution >= 0.6 is 0 Å². The van der Waals surface area contributed by atoms with Crippen LogP contribution in [0.2, 0.25) is 0 Å². The minimum atomic E-state index is -0.150. The van der Waals surface area contributed by atoms with Crippen LogP contribution in [0, 0.1) is 0 Å². The van der Waals surface area contributed by atoms with Crippen molar-refractivity contribution in [2.75, 3.05) is 13.2 Å². The average molecular weight is 183 g/mol. The predicted molar refractivity (Wildman–Crippen MR) is 49.4 cm³/mol. The van der Waals surface area contributed by atoms with Gasteiger partial charge in [0.05, 0.1) is 0 Å². The molecule has 2 saturated heterocycles. The van der Waals surface area contributed by atoms with Crippen molar-refractivity contribution in [1.82, 2.24) is 4.90 Å². The highest BCUT2D eigenvalue weighted by Gasteiger charge is 2.36. The summed E-state index contributed by atoms with van der Waals surface area (Å²) in [6.45, 7) is 3.29. The lowest BCUT2D eigenvalue weighted by Gasteiger charge is -2.22. The monoisotopic (exact) mass is 183 g/mol. The molecule has 0 aromatic carbocycles. The van der Waals surface area contributed by atoms with Crippen LogP contribution in [0.4, 0.5) is 0 Å². The molecule has 2 aliphatic rings. The summed E-state index contributed by atoms with van der Waals surface area (Å²) in [4.78, 5) is 13.2. The Bertz CT molecular complexity index is 205. The molecule has 2 aliphatic heterocycles. The molecule has 0 aromatic heterocycles. The highest BCUT2D eigenvalue weighted by molar-refractivity contribution is 5.65. The SMILES string of the molecule is CC(=O)OC[C@@H]1CC[C@H]2CCCN21. The van der Waals surface area contributed by atoms with Gasteiger partial charge in [-0.2, -0.15) is 0 Å². The van der Waals surface area contributed by atoms with Crippen LogP contribution in [0.3, 0.4) is 0 Å². The molecule has 2 rings (SSSR count). The third kappa shape index (κ3) is 1.85. The van der Waals surface area contributed by atoms with E-state index in [-0.39, 0.29) is 5.97 Å². The molecule has 0 spiro atoms. The normalized spacial score (nSPS) is 33.3. The van der Waals surface area contributed by atoms with Crippen molar-refractivity contribution in [3.63, 3.8) is 0 Å². The summed E-state index contributed by atoms with van der Waals surface area (Å²) in [5, 5.41) is 0. The number of ether oxygens (including phenoxy) is 1. The van der Waals surface area contributed by atoms with E-state index in [2.05, 4.69) is 4.90 Å².